The molecule has 7 aromatic rings. The molecule has 0 fully saturated rings. The van der Waals surface area contributed by atoms with Crippen molar-refractivity contribution in [3.8, 4) is 5.69 Å². The molecule has 2 aliphatic rings. The van der Waals surface area contributed by atoms with Crippen LogP contribution in [0.4, 0.5) is 0 Å². The van der Waals surface area contributed by atoms with Crippen LogP contribution in [0.2, 0.25) is 0 Å². The van der Waals surface area contributed by atoms with Gasteiger partial charge in [-0.25, -0.2) is 4.98 Å². The molecule has 3 aromatic heterocycles. The zero-order valence-electron chi connectivity index (χ0n) is 21.0. The number of imidazole rings is 1. The van der Waals surface area contributed by atoms with Crippen LogP contribution in [0.25, 0.3) is 67.0 Å². The number of aryl methyl sites for hydroxylation is 2. The Labute approximate surface area is 220 Å². The number of rotatable bonds is 1. The molecule has 38 heavy (non-hydrogen) atoms. The summed E-state index contributed by atoms with van der Waals surface area (Å²) in [7, 11) is 0. The van der Waals surface area contributed by atoms with Crippen LogP contribution in [0, 0.1) is 0 Å². The van der Waals surface area contributed by atoms with E-state index < -0.39 is 0 Å². The fourth-order valence-electron chi connectivity index (χ4n) is 6.92. The first-order chi connectivity index (χ1) is 18.9. The Morgan fingerprint density at radius 1 is 0.658 bits per heavy atom. The van der Waals surface area contributed by atoms with E-state index in [0.717, 1.165) is 31.3 Å². The van der Waals surface area contributed by atoms with Crippen molar-refractivity contribution in [1.82, 2.24) is 14.0 Å². The normalized spacial score (nSPS) is 14.7. The summed E-state index contributed by atoms with van der Waals surface area (Å²) in [5.41, 5.74) is 11.3. The van der Waals surface area contributed by atoms with Gasteiger partial charge in [-0.1, -0.05) is 72.8 Å². The maximum atomic E-state index is 5.18. The van der Waals surface area contributed by atoms with E-state index in [1.54, 1.807) is 0 Å². The summed E-state index contributed by atoms with van der Waals surface area (Å²) in [4.78, 5) is 5.18. The Morgan fingerprint density at radius 2 is 1.50 bits per heavy atom. The summed E-state index contributed by atoms with van der Waals surface area (Å²) in [5.74, 6) is 0. The van der Waals surface area contributed by atoms with E-state index in [4.69, 9.17) is 4.98 Å². The van der Waals surface area contributed by atoms with Crippen molar-refractivity contribution in [3.05, 3.63) is 114 Å². The Bertz CT molecular complexity index is 2190. The van der Waals surface area contributed by atoms with Crippen LogP contribution in [0.3, 0.4) is 0 Å². The van der Waals surface area contributed by atoms with Crippen LogP contribution in [-0.2, 0) is 12.8 Å². The van der Waals surface area contributed by atoms with Crippen LogP contribution < -0.4 is 0 Å². The van der Waals surface area contributed by atoms with E-state index in [9.17, 15) is 0 Å². The fraction of sp³-hybridized carbons (Fsp3) is 0.114. The molecule has 2 aliphatic carbocycles. The number of pyridine rings is 1. The van der Waals surface area contributed by atoms with Gasteiger partial charge in [0.1, 0.15) is 5.65 Å². The molecule has 0 saturated carbocycles. The van der Waals surface area contributed by atoms with Gasteiger partial charge in [0.25, 0.3) is 0 Å². The molecule has 3 heterocycles. The monoisotopic (exact) mass is 487 g/mol. The Hall–Kier alpha value is -4.63. The minimum atomic E-state index is 1.02. The highest BCUT2D eigenvalue weighted by molar-refractivity contribution is 6.18. The fourth-order valence-corrected chi connectivity index (χ4v) is 6.92. The highest BCUT2D eigenvalue weighted by atomic mass is 15.0. The predicted octanol–water partition coefficient (Wildman–Crippen LogP) is 8.66. The van der Waals surface area contributed by atoms with Gasteiger partial charge in [0.15, 0.2) is 0 Å². The lowest BCUT2D eigenvalue weighted by molar-refractivity contribution is 0.942. The first-order valence-electron chi connectivity index (χ1n) is 13.6. The second kappa shape index (κ2) is 7.45. The van der Waals surface area contributed by atoms with Gasteiger partial charge >= 0.3 is 0 Å². The number of hydrogen-bond donors (Lipinski definition) is 0. The number of nitrogens with zero attached hydrogens (tertiary/aromatic N) is 3. The lowest BCUT2D eigenvalue weighted by Gasteiger charge is -2.18. The van der Waals surface area contributed by atoms with E-state index in [-0.39, 0.29) is 0 Å². The second-order valence-electron chi connectivity index (χ2n) is 10.6. The summed E-state index contributed by atoms with van der Waals surface area (Å²) >= 11 is 0. The standard InChI is InChI=1S/C35H25N3/c1-2-10-24-22(9-1)17-19-27-26-12-5-7-15-31(26)37(34(24)27)23-18-20-32-29(21-23)25-11-3-4-13-28(25)35-36-30-14-6-8-16-33(30)38(32)35/h1-3,5,7-12,15-21H,4,6,13-14H2. The van der Waals surface area contributed by atoms with Crippen molar-refractivity contribution in [2.75, 3.05) is 0 Å². The van der Waals surface area contributed by atoms with Gasteiger partial charge in [-0.2, -0.15) is 0 Å². The van der Waals surface area contributed by atoms with Crippen molar-refractivity contribution in [3.63, 3.8) is 0 Å². The number of fused-ring (bicyclic) bond motifs is 13. The quantitative estimate of drug-likeness (QED) is 0.227. The van der Waals surface area contributed by atoms with Crippen molar-refractivity contribution in [2.45, 2.75) is 25.7 Å². The highest BCUT2D eigenvalue weighted by Crippen LogP contribution is 2.39. The summed E-state index contributed by atoms with van der Waals surface area (Å²) in [5, 5.41) is 6.44. The molecule has 0 radical (unpaired) electrons. The van der Waals surface area contributed by atoms with Crippen LogP contribution in [-0.4, -0.2) is 14.0 Å². The summed E-state index contributed by atoms with van der Waals surface area (Å²) in [6.07, 6.45) is 13.4. The van der Waals surface area contributed by atoms with Gasteiger partial charge in [-0.3, -0.25) is 4.40 Å². The molecule has 9 rings (SSSR count). The molecule has 0 aliphatic heterocycles. The van der Waals surface area contributed by atoms with E-state index >= 15 is 0 Å². The smallest absolute Gasteiger partial charge is 0.141 e. The topological polar surface area (TPSA) is 22.2 Å². The Morgan fingerprint density at radius 3 is 2.47 bits per heavy atom. The molecule has 180 valence electrons. The summed E-state index contributed by atoms with van der Waals surface area (Å²) in [6.45, 7) is 0. The maximum Gasteiger partial charge on any atom is 0.141 e. The minimum Gasteiger partial charge on any atom is -0.309 e. The molecule has 4 aromatic carbocycles. The van der Waals surface area contributed by atoms with Crippen molar-refractivity contribution in [2.24, 2.45) is 0 Å². The molecule has 0 amide bonds. The molecule has 0 bridgehead atoms. The number of hydrogen-bond acceptors (Lipinski definition) is 1. The average Bonchev–Trinajstić information content (AvgIpc) is 3.54. The SMILES string of the molecule is C1=Cc2c(nc3c4c(c5cc(-n6c7ccccc7c7ccc8ccccc8c76)ccc5n23)C=CCC4)CC1. The molecule has 0 spiro atoms. The van der Waals surface area contributed by atoms with Gasteiger partial charge in [0.2, 0.25) is 0 Å². The third kappa shape index (κ3) is 2.61. The zero-order valence-corrected chi connectivity index (χ0v) is 21.0. The summed E-state index contributed by atoms with van der Waals surface area (Å²) < 4.78 is 4.89. The summed E-state index contributed by atoms with van der Waals surface area (Å²) in [6, 6.07) is 29.1. The third-order valence-corrected chi connectivity index (χ3v) is 8.58. The predicted molar refractivity (Wildman–Crippen MR) is 159 cm³/mol. The Kier molecular flexibility index (Phi) is 4.01. The second-order valence-corrected chi connectivity index (χ2v) is 10.6. The number of para-hydroxylation sites is 1. The van der Waals surface area contributed by atoms with E-state index in [0.29, 0.717) is 0 Å². The third-order valence-electron chi connectivity index (χ3n) is 8.58. The van der Waals surface area contributed by atoms with Gasteiger partial charge < -0.3 is 4.57 Å². The first-order valence-corrected chi connectivity index (χ1v) is 13.6. The average molecular weight is 488 g/mol. The Balaban J connectivity index is 1.44. The van der Waals surface area contributed by atoms with Crippen LogP contribution >= 0.6 is 0 Å². The molecular formula is C35H25N3. The van der Waals surface area contributed by atoms with E-state index in [2.05, 4.69) is 112 Å². The minimum absolute atomic E-state index is 1.02. The van der Waals surface area contributed by atoms with Crippen LogP contribution in [0.5, 0.6) is 0 Å². The van der Waals surface area contributed by atoms with Gasteiger partial charge in [0, 0.05) is 32.8 Å². The first kappa shape index (κ1) is 20.4. The molecule has 3 heteroatoms. The molecular weight excluding hydrogens is 462 g/mol. The number of allylic oxidation sites excluding steroid dienone is 2. The van der Waals surface area contributed by atoms with Crippen molar-refractivity contribution < 1.29 is 0 Å². The van der Waals surface area contributed by atoms with E-state index in [1.807, 2.05) is 0 Å². The van der Waals surface area contributed by atoms with Gasteiger partial charge in [0.05, 0.1) is 27.9 Å². The molecule has 0 atom stereocenters. The van der Waals surface area contributed by atoms with Gasteiger partial charge in [-0.05, 0) is 67.0 Å². The lowest BCUT2D eigenvalue weighted by Crippen LogP contribution is -2.04. The largest absolute Gasteiger partial charge is 0.309 e. The van der Waals surface area contributed by atoms with Crippen LogP contribution in [0.15, 0.2) is 91.0 Å². The zero-order chi connectivity index (χ0) is 24.8. The number of aromatic nitrogens is 3. The van der Waals surface area contributed by atoms with Crippen LogP contribution in [0.1, 0.15) is 35.4 Å². The van der Waals surface area contributed by atoms with E-state index in [1.165, 1.54) is 71.7 Å². The highest BCUT2D eigenvalue weighted by Gasteiger charge is 2.23. The maximum absolute atomic E-state index is 5.18. The molecule has 0 unspecified atom stereocenters. The molecule has 3 nitrogen and oxygen atoms in total. The molecule has 0 N–H and O–H groups in total. The number of benzene rings is 4. The van der Waals surface area contributed by atoms with Crippen molar-refractivity contribution in [1.29, 1.82) is 0 Å². The van der Waals surface area contributed by atoms with Gasteiger partial charge in [-0.15, -0.1) is 0 Å². The van der Waals surface area contributed by atoms with Crippen molar-refractivity contribution >= 4 is 61.3 Å². The molecule has 0 saturated heterocycles. The lowest BCUT2D eigenvalue weighted by atomic mass is 9.94.